The van der Waals surface area contributed by atoms with Crippen molar-refractivity contribution in [2.45, 2.75) is 32.0 Å². The molecule has 6 heteroatoms. The highest BCUT2D eigenvalue weighted by atomic mass is 32.2. The molecule has 0 N–H and O–H groups in total. The second-order valence-corrected chi connectivity index (χ2v) is 7.47. The zero-order chi connectivity index (χ0) is 19.4. The highest BCUT2D eigenvalue weighted by Crippen LogP contribution is 2.25. The normalized spacial score (nSPS) is 12.0. The lowest BCUT2D eigenvalue weighted by atomic mass is 10.1. The molecule has 1 aromatic heterocycles. The lowest BCUT2D eigenvalue weighted by Gasteiger charge is -2.25. The molecule has 5 nitrogen and oxygen atoms in total. The lowest BCUT2D eigenvalue weighted by molar-refractivity contribution is -0.128. The van der Waals surface area contributed by atoms with E-state index >= 15 is 0 Å². The van der Waals surface area contributed by atoms with Crippen LogP contribution in [0.15, 0.2) is 59.8 Å². The fourth-order valence-electron chi connectivity index (χ4n) is 2.93. The summed E-state index contributed by atoms with van der Waals surface area (Å²) in [6.45, 7) is 6.02. The highest BCUT2D eigenvalue weighted by Gasteiger charge is 2.19. The number of carbonyl (C=O) groups is 1. The van der Waals surface area contributed by atoms with E-state index in [1.165, 1.54) is 11.8 Å². The van der Waals surface area contributed by atoms with Crippen LogP contribution in [-0.2, 0) is 4.79 Å². The molecule has 1 amide bonds. The molecule has 0 radical (unpaired) electrons. The maximum absolute atomic E-state index is 12.7. The third-order valence-corrected chi connectivity index (χ3v) is 5.65. The summed E-state index contributed by atoms with van der Waals surface area (Å²) in [6.07, 6.45) is 0. The van der Waals surface area contributed by atoms with Crippen LogP contribution >= 0.6 is 11.8 Å². The largest absolute Gasteiger partial charge is 0.338 e. The Morgan fingerprint density at radius 1 is 1.07 bits per heavy atom. The Morgan fingerprint density at radius 3 is 2.44 bits per heavy atom. The second kappa shape index (κ2) is 8.39. The van der Waals surface area contributed by atoms with E-state index in [-0.39, 0.29) is 11.9 Å². The van der Waals surface area contributed by atoms with Gasteiger partial charge >= 0.3 is 0 Å². The van der Waals surface area contributed by atoms with Gasteiger partial charge in [0.15, 0.2) is 5.16 Å². The van der Waals surface area contributed by atoms with Crippen LogP contribution in [0.2, 0.25) is 0 Å². The minimum atomic E-state index is 0.0234. The van der Waals surface area contributed by atoms with Crippen LogP contribution in [0.1, 0.15) is 29.9 Å². The average molecular weight is 381 g/mol. The molecule has 2 aromatic carbocycles. The van der Waals surface area contributed by atoms with Gasteiger partial charge in [0.25, 0.3) is 0 Å². The molecular weight excluding hydrogens is 356 g/mol. The van der Waals surface area contributed by atoms with E-state index in [9.17, 15) is 4.79 Å². The number of benzene rings is 2. The summed E-state index contributed by atoms with van der Waals surface area (Å²) in [5, 5.41) is 9.21. The Bertz CT molecular complexity index is 923. The Kier molecular flexibility index (Phi) is 5.96. The SMILES string of the molecule is Cc1ccccc1-n1c(C)nnc1SCC(=O)N(C)[C@@H](C)c1ccccc1. The molecule has 3 rings (SSSR count). The predicted molar refractivity (Wildman–Crippen MR) is 109 cm³/mol. The van der Waals surface area contributed by atoms with E-state index in [0.717, 1.165) is 27.8 Å². The molecule has 0 saturated heterocycles. The van der Waals surface area contributed by atoms with E-state index < -0.39 is 0 Å². The number of para-hydroxylation sites is 1. The Labute approximate surface area is 164 Å². The first kappa shape index (κ1) is 19.2. The van der Waals surface area contributed by atoms with Crippen LogP contribution in [0.5, 0.6) is 0 Å². The molecule has 1 heterocycles. The first-order valence-corrected chi connectivity index (χ1v) is 9.89. The fourth-order valence-corrected chi connectivity index (χ4v) is 3.84. The van der Waals surface area contributed by atoms with E-state index in [4.69, 9.17) is 0 Å². The summed E-state index contributed by atoms with van der Waals surface area (Å²) in [5.74, 6) is 1.19. The molecule has 0 unspecified atom stereocenters. The first-order chi connectivity index (χ1) is 13.0. The molecular formula is C21H24N4OS. The van der Waals surface area contributed by atoms with Gasteiger partial charge in [-0.15, -0.1) is 10.2 Å². The number of carbonyl (C=O) groups excluding carboxylic acids is 1. The van der Waals surface area contributed by atoms with Crippen molar-refractivity contribution < 1.29 is 4.79 Å². The predicted octanol–water partition coefficient (Wildman–Crippen LogP) is 4.20. The van der Waals surface area contributed by atoms with Crippen molar-refractivity contribution in [1.82, 2.24) is 19.7 Å². The van der Waals surface area contributed by atoms with Crippen LogP contribution in [0.3, 0.4) is 0 Å². The minimum Gasteiger partial charge on any atom is -0.338 e. The van der Waals surface area contributed by atoms with Crippen molar-refractivity contribution in [2.24, 2.45) is 0 Å². The number of rotatable bonds is 6. The van der Waals surface area contributed by atoms with Crippen LogP contribution in [-0.4, -0.2) is 38.4 Å². The lowest BCUT2D eigenvalue weighted by Crippen LogP contribution is -2.31. The summed E-state index contributed by atoms with van der Waals surface area (Å²) in [5.41, 5.74) is 3.31. The van der Waals surface area contributed by atoms with Crippen molar-refractivity contribution in [1.29, 1.82) is 0 Å². The van der Waals surface area contributed by atoms with E-state index in [2.05, 4.69) is 23.2 Å². The van der Waals surface area contributed by atoms with Crippen molar-refractivity contribution >= 4 is 17.7 Å². The molecule has 0 aliphatic carbocycles. The van der Waals surface area contributed by atoms with E-state index in [0.29, 0.717) is 5.75 Å². The third kappa shape index (κ3) is 4.22. The van der Waals surface area contributed by atoms with E-state index in [1.807, 2.05) is 74.0 Å². The maximum Gasteiger partial charge on any atom is 0.233 e. The van der Waals surface area contributed by atoms with Gasteiger partial charge < -0.3 is 4.90 Å². The van der Waals surface area contributed by atoms with Gasteiger partial charge in [-0.05, 0) is 38.0 Å². The summed E-state index contributed by atoms with van der Waals surface area (Å²) >= 11 is 1.42. The molecule has 0 aliphatic rings. The average Bonchev–Trinajstić information content (AvgIpc) is 3.06. The van der Waals surface area contributed by atoms with Crippen LogP contribution in [0.25, 0.3) is 5.69 Å². The van der Waals surface area contributed by atoms with Gasteiger partial charge in [0.1, 0.15) is 5.82 Å². The van der Waals surface area contributed by atoms with Gasteiger partial charge in [0.05, 0.1) is 17.5 Å². The molecule has 0 spiro atoms. The maximum atomic E-state index is 12.7. The van der Waals surface area contributed by atoms with Crippen molar-refractivity contribution in [3.63, 3.8) is 0 Å². The number of thioether (sulfide) groups is 1. The summed E-state index contributed by atoms with van der Waals surface area (Å²) in [6, 6.07) is 18.2. The zero-order valence-electron chi connectivity index (χ0n) is 16.1. The number of aromatic nitrogens is 3. The van der Waals surface area contributed by atoms with Gasteiger partial charge in [0, 0.05) is 7.05 Å². The third-order valence-electron chi connectivity index (χ3n) is 4.73. The molecule has 3 aromatic rings. The molecule has 0 saturated carbocycles. The molecule has 0 aliphatic heterocycles. The number of aryl methyl sites for hydroxylation is 2. The number of amides is 1. The Balaban J connectivity index is 1.72. The van der Waals surface area contributed by atoms with Gasteiger partial charge in [-0.3, -0.25) is 9.36 Å². The highest BCUT2D eigenvalue weighted by molar-refractivity contribution is 7.99. The molecule has 0 bridgehead atoms. The first-order valence-electron chi connectivity index (χ1n) is 8.90. The second-order valence-electron chi connectivity index (χ2n) is 6.53. The standard InChI is InChI=1S/C21H24N4OS/c1-15-10-8-9-13-19(15)25-17(3)22-23-21(25)27-14-20(26)24(4)16(2)18-11-6-5-7-12-18/h5-13,16H,14H2,1-4H3/t16-/m0/s1. The van der Waals surface area contributed by atoms with Crippen molar-refractivity contribution in [3.05, 3.63) is 71.5 Å². The minimum absolute atomic E-state index is 0.0234. The number of nitrogens with zero attached hydrogens (tertiary/aromatic N) is 4. The number of hydrogen-bond acceptors (Lipinski definition) is 4. The van der Waals surface area contributed by atoms with Crippen LogP contribution in [0.4, 0.5) is 0 Å². The van der Waals surface area contributed by atoms with Crippen molar-refractivity contribution in [3.8, 4) is 5.69 Å². The summed E-state index contributed by atoms with van der Waals surface area (Å²) in [4.78, 5) is 14.5. The Hall–Kier alpha value is -2.60. The van der Waals surface area contributed by atoms with Gasteiger partial charge in [-0.2, -0.15) is 0 Å². The Morgan fingerprint density at radius 2 is 1.74 bits per heavy atom. The van der Waals surface area contributed by atoms with E-state index in [1.54, 1.807) is 4.90 Å². The molecule has 27 heavy (non-hydrogen) atoms. The summed E-state index contributed by atoms with van der Waals surface area (Å²) < 4.78 is 2.01. The summed E-state index contributed by atoms with van der Waals surface area (Å²) in [7, 11) is 1.85. The smallest absolute Gasteiger partial charge is 0.233 e. The zero-order valence-corrected chi connectivity index (χ0v) is 16.9. The number of hydrogen-bond donors (Lipinski definition) is 0. The van der Waals surface area contributed by atoms with Crippen LogP contribution in [0, 0.1) is 13.8 Å². The van der Waals surface area contributed by atoms with Gasteiger partial charge in [-0.1, -0.05) is 60.3 Å². The monoisotopic (exact) mass is 380 g/mol. The van der Waals surface area contributed by atoms with Crippen molar-refractivity contribution in [2.75, 3.05) is 12.8 Å². The topological polar surface area (TPSA) is 51.0 Å². The fraction of sp³-hybridized carbons (Fsp3) is 0.286. The molecule has 1 atom stereocenters. The van der Waals surface area contributed by atoms with Gasteiger partial charge in [-0.25, -0.2) is 0 Å². The molecule has 0 fully saturated rings. The van der Waals surface area contributed by atoms with Gasteiger partial charge in [0.2, 0.25) is 5.91 Å². The molecule has 140 valence electrons. The quantitative estimate of drug-likeness (QED) is 0.602. The van der Waals surface area contributed by atoms with Crippen LogP contribution < -0.4 is 0 Å².